The molecule has 0 saturated carbocycles. The van der Waals surface area contributed by atoms with Gasteiger partial charge >= 0.3 is 6.18 Å². The minimum absolute atomic E-state index is 0.0906. The minimum Gasteiger partial charge on any atom is -0.390 e. The maximum absolute atomic E-state index is 13.0. The lowest BCUT2D eigenvalue weighted by atomic mass is 9.91. The standard InChI is InChI=1S/C24H26ClF3N2O2/c1-23(2,3)13-22(31)30(14-16-8-10-17(11-9-16)24(26,27)28)15-18-12-21(29-32-18)19-6-4-5-7-20(19)25/h4-11,18H,12-15H2,1-3H3/t18-/m1/s1. The summed E-state index contributed by atoms with van der Waals surface area (Å²) in [5, 5.41) is 4.72. The second-order valence-corrected chi connectivity index (χ2v) is 9.56. The Bertz CT molecular complexity index is 982. The highest BCUT2D eigenvalue weighted by Crippen LogP contribution is 2.30. The lowest BCUT2D eigenvalue weighted by Crippen LogP contribution is -2.38. The second-order valence-electron chi connectivity index (χ2n) is 9.16. The number of amides is 1. The smallest absolute Gasteiger partial charge is 0.390 e. The summed E-state index contributed by atoms with van der Waals surface area (Å²) in [6.45, 7) is 6.35. The normalized spacial score (nSPS) is 16.5. The summed E-state index contributed by atoms with van der Waals surface area (Å²) in [7, 11) is 0. The van der Waals surface area contributed by atoms with Crippen LogP contribution in [0.5, 0.6) is 0 Å². The molecule has 172 valence electrons. The molecule has 0 aliphatic carbocycles. The third-order valence-electron chi connectivity index (χ3n) is 5.03. The summed E-state index contributed by atoms with van der Waals surface area (Å²) < 4.78 is 38.6. The Hall–Kier alpha value is -2.54. The quantitative estimate of drug-likeness (QED) is 0.500. The molecule has 1 heterocycles. The molecular weight excluding hydrogens is 441 g/mol. The summed E-state index contributed by atoms with van der Waals surface area (Å²) in [5.74, 6) is -0.0906. The van der Waals surface area contributed by atoms with Gasteiger partial charge in [-0.1, -0.05) is 67.9 Å². The van der Waals surface area contributed by atoms with Crippen molar-refractivity contribution in [3.8, 4) is 0 Å². The zero-order valence-corrected chi connectivity index (χ0v) is 19.0. The zero-order chi connectivity index (χ0) is 23.5. The van der Waals surface area contributed by atoms with E-state index < -0.39 is 11.7 Å². The number of carbonyl (C=O) groups excluding carboxylic acids is 1. The minimum atomic E-state index is -4.40. The molecule has 1 aliphatic rings. The first-order valence-corrected chi connectivity index (χ1v) is 10.7. The highest BCUT2D eigenvalue weighted by atomic mass is 35.5. The highest BCUT2D eigenvalue weighted by molar-refractivity contribution is 6.34. The number of carbonyl (C=O) groups is 1. The molecular formula is C24H26ClF3N2O2. The van der Waals surface area contributed by atoms with Crippen LogP contribution in [-0.4, -0.2) is 29.2 Å². The van der Waals surface area contributed by atoms with Crippen LogP contribution in [-0.2, 0) is 22.4 Å². The number of hydrogen-bond acceptors (Lipinski definition) is 3. The Kier molecular flexibility index (Phi) is 7.18. The first kappa shape index (κ1) is 24.1. The fourth-order valence-electron chi connectivity index (χ4n) is 3.47. The molecule has 0 radical (unpaired) electrons. The molecule has 0 bridgehead atoms. The number of rotatable bonds is 6. The molecule has 1 atom stereocenters. The van der Waals surface area contributed by atoms with Crippen molar-refractivity contribution in [2.24, 2.45) is 10.6 Å². The topological polar surface area (TPSA) is 41.9 Å². The van der Waals surface area contributed by atoms with Crippen molar-refractivity contribution >= 4 is 23.2 Å². The van der Waals surface area contributed by atoms with Crippen LogP contribution in [0.3, 0.4) is 0 Å². The largest absolute Gasteiger partial charge is 0.416 e. The Morgan fingerprint density at radius 3 is 2.38 bits per heavy atom. The van der Waals surface area contributed by atoms with Gasteiger partial charge in [-0.15, -0.1) is 0 Å². The molecule has 0 fully saturated rings. The van der Waals surface area contributed by atoms with Crippen molar-refractivity contribution in [2.45, 2.75) is 52.4 Å². The number of hydrogen-bond donors (Lipinski definition) is 0. The van der Waals surface area contributed by atoms with E-state index in [2.05, 4.69) is 5.16 Å². The summed E-state index contributed by atoms with van der Waals surface area (Å²) >= 11 is 6.25. The van der Waals surface area contributed by atoms with E-state index in [1.165, 1.54) is 12.1 Å². The average molecular weight is 467 g/mol. The molecule has 0 N–H and O–H groups in total. The van der Waals surface area contributed by atoms with Gasteiger partial charge in [-0.2, -0.15) is 13.2 Å². The Labute approximate surface area is 191 Å². The molecule has 0 saturated heterocycles. The van der Waals surface area contributed by atoms with Crippen LogP contribution in [0.2, 0.25) is 5.02 Å². The molecule has 8 heteroatoms. The molecule has 0 aromatic heterocycles. The molecule has 0 unspecified atom stereocenters. The van der Waals surface area contributed by atoms with Crippen LogP contribution in [0.4, 0.5) is 13.2 Å². The van der Waals surface area contributed by atoms with Gasteiger partial charge in [0.25, 0.3) is 0 Å². The van der Waals surface area contributed by atoms with E-state index in [0.29, 0.717) is 29.1 Å². The van der Waals surface area contributed by atoms with Crippen molar-refractivity contribution in [2.75, 3.05) is 6.54 Å². The number of benzene rings is 2. The molecule has 1 aliphatic heterocycles. The number of oxime groups is 1. The van der Waals surface area contributed by atoms with Gasteiger partial charge in [0.2, 0.25) is 5.91 Å². The second kappa shape index (κ2) is 9.53. The maximum Gasteiger partial charge on any atom is 0.416 e. The van der Waals surface area contributed by atoms with Gasteiger partial charge < -0.3 is 9.74 Å². The van der Waals surface area contributed by atoms with Gasteiger partial charge in [-0.3, -0.25) is 4.79 Å². The number of alkyl halides is 3. The maximum atomic E-state index is 13.0. The van der Waals surface area contributed by atoms with E-state index in [1.807, 2.05) is 39.0 Å². The highest BCUT2D eigenvalue weighted by Gasteiger charge is 2.31. The van der Waals surface area contributed by atoms with Crippen molar-refractivity contribution in [3.05, 3.63) is 70.2 Å². The summed E-state index contributed by atoms with van der Waals surface area (Å²) in [6.07, 6.45) is -3.97. The van der Waals surface area contributed by atoms with Gasteiger partial charge in [0, 0.05) is 30.0 Å². The molecule has 4 nitrogen and oxygen atoms in total. The lowest BCUT2D eigenvalue weighted by molar-refractivity contribution is -0.138. The van der Waals surface area contributed by atoms with E-state index in [9.17, 15) is 18.0 Å². The van der Waals surface area contributed by atoms with Crippen molar-refractivity contribution in [1.82, 2.24) is 4.90 Å². The number of halogens is 4. The van der Waals surface area contributed by atoms with E-state index >= 15 is 0 Å². The lowest BCUT2D eigenvalue weighted by Gasteiger charge is -2.28. The van der Waals surface area contributed by atoms with Crippen molar-refractivity contribution in [1.29, 1.82) is 0 Å². The molecule has 1 amide bonds. The van der Waals surface area contributed by atoms with Crippen molar-refractivity contribution in [3.63, 3.8) is 0 Å². The van der Waals surface area contributed by atoms with E-state index in [4.69, 9.17) is 16.4 Å². The predicted octanol–water partition coefficient (Wildman–Crippen LogP) is 6.32. The van der Waals surface area contributed by atoms with Gasteiger partial charge in [-0.05, 0) is 29.2 Å². The van der Waals surface area contributed by atoms with Gasteiger partial charge in [0.1, 0.15) is 0 Å². The van der Waals surface area contributed by atoms with Crippen LogP contribution in [0.15, 0.2) is 53.7 Å². The Morgan fingerprint density at radius 2 is 1.78 bits per heavy atom. The third kappa shape index (κ3) is 6.48. The first-order chi connectivity index (χ1) is 14.9. The van der Waals surface area contributed by atoms with Gasteiger partial charge in [-0.25, -0.2) is 0 Å². The summed E-state index contributed by atoms with van der Waals surface area (Å²) in [5.41, 5.74) is 1.16. The molecule has 0 spiro atoms. The first-order valence-electron chi connectivity index (χ1n) is 10.3. The van der Waals surface area contributed by atoms with E-state index in [1.54, 1.807) is 11.0 Å². The third-order valence-corrected chi connectivity index (χ3v) is 5.36. The SMILES string of the molecule is CC(C)(C)CC(=O)N(Cc1ccc(C(F)(F)F)cc1)C[C@H]1CC(c2ccccc2Cl)=NO1. The van der Waals surface area contributed by atoms with E-state index in [-0.39, 0.29) is 30.5 Å². The fraction of sp³-hybridized carbons (Fsp3) is 0.417. The van der Waals surface area contributed by atoms with Gasteiger partial charge in [0.15, 0.2) is 6.10 Å². The predicted molar refractivity (Wildman–Crippen MR) is 118 cm³/mol. The average Bonchev–Trinajstić information content (AvgIpc) is 3.14. The summed E-state index contributed by atoms with van der Waals surface area (Å²) in [4.78, 5) is 20.2. The fourth-order valence-corrected chi connectivity index (χ4v) is 3.71. The van der Waals surface area contributed by atoms with Crippen LogP contribution in [0.25, 0.3) is 0 Å². The molecule has 2 aromatic carbocycles. The number of nitrogens with zero attached hydrogens (tertiary/aromatic N) is 2. The Morgan fingerprint density at radius 1 is 1.12 bits per heavy atom. The molecule has 32 heavy (non-hydrogen) atoms. The van der Waals surface area contributed by atoms with Crippen LogP contribution in [0, 0.1) is 5.41 Å². The molecule has 2 aromatic rings. The Balaban J connectivity index is 1.72. The summed E-state index contributed by atoms with van der Waals surface area (Å²) in [6, 6.07) is 12.2. The van der Waals surface area contributed by atoms with Gasteiger partial charge in [0.05, 0.1) is 17.8 Å². The van der Waals surface area contributed by atoms with E-state index in [0.717, 1.165) is 17.7 Å². The zero-order valence-electron chi connectivity index (χ0n) is 18.2. The van der Waals surface area contributed by atoms with Crippen LogP contribution in [0.1, 0.15) is 50.3 Å². The van der Waals surface area contributed by atoms with Crippen molar-refractivity contribution < 1.29 is 22.8 Å². The monoisotopic (exact) mass is 466 g/mol. The molecule has 3 rings (SSSR count). The van der Waals surface area contributed by atoms with Crippen LogP contribution >= 0.6 is 11.6 Å². The van der Waals surface area contributed by atoms with Crippen LogP contribution < -0.4 is 0 Å².